The number of amides is 2. The van der Waals surface area contributed by atoms with Crippen LogP contribution < -0.4 is 10.6 Å². The van der Waals surface area contributed by atoms with Gasteiger partial charge in [-0.15, -0.1) is 0 Å². The molecular weight excluding hydrogens is 366 g/mol. The smallest absolute Gasteiger partial charge is 0.252 e. The molecule has 0 saturated carbocycles. The van der Waals surface area contributed by atoms with Gasteiger partial charge in [-0.1, -0.05) is 0 Å². The summed E-state index contributed by atoms with van der Waals surface area (Å²) < 4.78 is 11.2. The molecule has 8 heteroatoms. The molecule has 3 rings (SSSR count). The molecule has 2 aromatic heterocycles. The topological polar surface area (TPSA) is 83.8 Å². The van der Waals surface area contributed by atoms with E-state index in [0.29, 0.717) is 31.9 Å². The normalized spacial score (nSPS) is 16.0. The van der Waals surface area contributed by atoms with Gasteiger partial charge in [0.25, 0.3) is 5.91 Å². The van der Waals surface area contributed by atoms with Crippen LogP contribution in [-0.4, -0.2) is 56.1 Å². The summed E-state index contributed by atoms with van der Waals surface area (Å²) in [5, 5.41) is 9.37. The first-order valence-electron chi connectivity index (χ1n) is 9.08. The van der Waals surface area contributed by atoms with Crippen LogP contribution in [0.1, 0.15) is 34.3 Å². The predicted molar refractivity (Wildman–Crippen MR) is 103 cm³/mol. The Morgan fingerprint density at radius 1 is 1.22 bits per heavy atom. The molecule has 0 aliphatic carbocycles. The highest BCUT2D eigenvalue weighted by Gasteiger charge is 2.25. The summed E-state index contributed by atoms with van der Waals surface area (Å²) in [4.78, 5) is 26.3. The third-order valence-electron chi connectivity index (χ3n) is 4.49. The summed E-state index contributed by atoms with van der Waals surface area (Å²) in [5.41, 5.74) is 0.626. The van der Waals surface area contributed by atoms with E-state index in [4.69, 9.17) is 9.15 Å². The van der Waals surface area contributed by atoms with Crippen LogP contribution in [0, 0.1) is 6.92 Å². The average molecular weight is 391 g/mol. The SMILES string of the molecule is Cc1ccc(C(CNC(=O)CCNC(=O)c2ccsc2)N2CCOCC2)o1. The number of thiophene rings is 1. The van der Waals surface area contributed by atoms with Crippen molar-refractivity contribution in [3.8, 4) is 0 Å². The number of rotatable bonds is 8. The second-order valence-electron chi connectivity index (χ2n) is 6.43. The van der Waals surface area contributed by atoms with E-state index in [1.54, 1.807) is 11.4 Å². The van der Waals surface area contributed by atoms with E-state index in [1.165, 1.54) is 11.3 Å². The monoisotopic (exact) mass is 391 g/mol. The Bertz CT molecular complexity index is 738. The maximum atomic E-state index is 12.2. The predicted octanol–water partition coefficient (Wildman–Crippen LogP) is 1.96. The molecule has 2 aromatic rings. The summed E-state index contributed by atoms with van der Waals surface area (Å²) in [7, 11) is 0. The number of ether oxygens (including phenoxy) is 1. The second kappa shape index (κ2) is 9.68. The molecule has 2 N–H and O–H groups in total. The summed E-state index contributed by atoms with van der Waals surface area (Å²) in [5.74, 6) is 1.45. The molecule has 0 spiro atoms. The Balaban J connectivity index is 1.47. The number of carbonyl (C=O) groups is 2. The van der Waals surface area contributed by atoms with Crippen LogP contribution in [0.4, 0.5) is 0 Å². The van der Waals surface area contributed by atoms with Crippen LogP contribution in [-0.2, 0) is 9.53 Å². The molecule has 1 unspecified atom stereocenters. The molecule has 0 bridgehead atoms. The Labute approximate surface area is 162 Å². The van der Waals surface area contributed by atoms with Gasteiger partial charge in [-0.3, -0.25) is 14.5 Å². The van der Waals surface area contributed by atoms with Crippen LogP contribution in [0.3, 0.4) is 0 Å². The number of hydrogen-bond acceptors (Lipinski definition) is 6. The van der Waals surface area contributed by atoms with E-state index in [-0.39, 0.29) is 24.3 Å². The van der Waals surface area contributed by atoms with Gasteiger partial charge < -0.3 is 19.8 Å². The molecule has 146 valence electrons. The Kier molecular flexibility index (Phi) is 7.03. The first kappa shape index (κ1) is 19.6. The van der Waals surface area contributed by atoms with E-state index in [9.17, 15) is 9.59 Å². The van der Waals surface area contributed by atoms with E-state index in [1.807, 2.05) is 24.4 Å². The molecule has 1 fully saturated rings. The molecule has 1 saturated heterocycles. The lowest BCUT2D eigenvalue weighted by molar-refractivity contribution is -0.121. The number of carbonyl (C=O) groups excluding carboxylic acids is 2. The second-order valence-corrected chi connectivity index (χ2v) is 7.21. The molecule has 2 amide bonds. The largest absolute Gasteiger partial charge is 0.465 e. The van der Waals surface area contributed by atoms with Crippen LogP contribution >= 0.6 is 11.3 Å². The van der Waals surface area contributed by atoms with Crippen molar-refractivity contribution in [2.75, 3.05) is 39.4 Å². The first-order chi connectivity index (χ1) is 13.1. The molecule has 1 atom stereocenters. The summed E-state index contributed by atoms with van der Waals surface area (Å²) in [6.45, 7) is 5.65. The lowest BCUT2D eigenvalue weighted by atomic mass is 10.1. The standard InChI is InChI=1S/C19H25N3O4S/c1-14-2-3-17(26-14)16(22-7-9-25-10-8-22)12-21-18(23)4-6-20-19(24)15-5-11-27-13-15/h2-3,5,11,13,16H,4,6-10,12H2,1H3,(H,20,24)(H,21,23). The zero-order valence-corrected chi connectivity index (χ0v) is 16.2. The molecule has 1 aliphatic rings. The number of aryl methyl sites for hydroxylation is 1. The maximum Gasteiger partial charge on any atom is 0.252 e. The fourth-order valence-corrected chi connectivity index (χ4v) is 3.65. The van der Waals surface area contributed by atoms with E-state index in [2.05, 4.69) is 15.5 Å². The van der Waals surface area contributed by atoms with Crippen molar-refractivity contribution in [3.63, 3.8) is 0 Å². The van der Waals surface area contributed by atoms with Gasteiger partial charge in [0.1, 0.15) is 11.5 Å². The van der Waals surface area contributed by atoms with E-state index in [0.717, 1.165) is 24.6 Å². The van der Waals surface area contributed by atoms with Gasteiger partial charge >= 0.3 is 0 Å². The lowest BCUT2D eigenvalue weighted by Crippen LogP contribution is -2.44. The zero-order valence-electron chi connectivity index (χ0n) is 15.4. The third-order valence-corrected chi connectivity index (χ3v) is 5.17. The third kappa shape index (κ3) is 5.66. The van der Waals surface area contributed by atoms with Crippen LogP contribution in [0.2, 0.25) is 0 Å². The van der Waals surface area contributed by atoms with E-state index >= 15 is 0 Å². The zero-order chi connectivity index (χ0) is 19.1. The van der Waals surface area contributed by atoms with Crippen molar-refractivity contribution in [2.45, 2.75) is 19.4 Å². The summed E-state index contributed by atoms with van der Waals surface area (Å²) >= 11 is 1.47. The molecule has 0 aromatic carbocycles. The van der Waals surface area contributed by atoms with Crippen LogP contribution in [0.5, 0.6) is 0 Å². The Morgan fingerprint density at radius 2 is 2.04 bits per heavy atom. The van der Waals surface area contributed by atoms with Crippen LogP contribution in [0.25, 0.3) is 0 Å². The van der Waals surface area contributed by atoms with Crippen molar-refractivity contribution in [1.29, 1.82) is 0 Å². The number of morpholine rings is 1. The number of nitrogens with one attached hydrogen (secondary N) is 2. The van der Waals surface area contributed by atoms with Gasteiger partial charge in [-0.05, 0) is 30.5 Å². The van der Waals surface area contributed by atoms with E-state index < -0.39 is 0 Å². The fourth-order valence-electron chi connectivity index (χ4n) is 3.02. The molecule has 0 radical (unpaired) electrons. The minimum absolute atomic E-state index is 0.0213. The maximum absolute atomic E-state index is 12.2. The Morgan fingerprint density at radius 3 is 2.70 bits per heavy atom. The van der Waals surface area contributed by atoms with Crippen LogP contribution in [0.15, 0.2) is 33.4 Å². The fraction of sp³-hybridized carbons (Fsp3) is 0.474. The van der Waals surface area contributed by atoms with Gasteiger partial charge in [0, 0.05) is 43.5 Å². The van der Waals surface area contributed by atoms with Crippen molar-refractivity contribution < 1.29 is 18.7 Å². The molecular formula is C19H25N3O4S. The molecule has 3 heterocycles. The lowest BCUT2D eigenvalue weighted by Gasteiger charge is -2.33. The van der Waals surface area contributed by atoms with Gasteiger partial charge in [-0.2, -0.15) is 11.3 Å². The first-order valence-corrected chi connectivity index (χ1v) is 10.0. The number of furan rings is 1. The number of nitrogens with zero attached hydrogens (tertiary/aromatic N) is 1. The van der Waals surface area contributed by atoms with Crippen molar-refractivity contribution in [1.82, 2.24) is 15.5 Å². The average Bonchev–Trinajstić information content (AvgIpc) is 3.35. The number of hydrogen-bond donors (Lipinski definition) is 2. The molecule has 1 aliphatic heterocycles. The van der Waals surface area contributed by atoms with Gasteiger partial charge in [0.2, 0.25) is 5.91 Å². The molecule has 27 heavy (non-hydrogen) atoms. The van der Waals surface area contributed by atoms with Crippen molar-refractivity contribution in [3.05, 3.63) is 46.0 Å². The van der Waals surface area contributed by atoms with Crippen molar-refractivity contribution >= 4 is 23.2 Å². The highest BCUT2D eigenvalue weighted by Crippen LogP contribution is 2.23. The van der Waals surface area contributed by atoms with Crippen molar-refractivity contribution in [2.24, 2.45) is 0 Å². The highest BCUT2D eigenvalue weighted by atomic mass is 32.1. The summed E-state index contributed by atoms with van der Waals surface area (Å²) in [6.07, 6.45) is 0.239. The minimum atomic E-state index is -0.152. The van der Waals surface area contributed by atoms with Gasteiger partial charge in [-0.25, -0.2) is 0 Å². The van der Waals surface area contributed by atoms with Gasteiger partial charge in [0.15, 0.2) is 0 Å². The highest BCUT2D eigenvalue weighted by molar-refractivity contribution is 7.08. The Hall–Kier alpha value is -2.16. The quantitative estimate of drug-likeness (QED) is 0.719. The molecule has 7 nitrogen and oxygen atoms in total. The minimum Gasteiger partial charge on any atom is -0.465 e. The summed E-state index contributed by atoms with van der Waals surface area (Å²) in [6, 6.07) is 5.64. The van der Waals surface area contributed by atoms with Gasteiger partial charge in [0.05, 0.1) is 19.3 Å².